The average Bonchev–Trinajstić information content (AvgIpc) is 3.33. The Morgan fingerprint density at radius 3 is 1.91 bits per heavy atom. The van der Waals surface area contributed by atoms with Crippen molar-refractivity contribution >= 4 is 23.9 Å². The quantitative estimate of drug-likeness (QED) is 0.177. The highest BCUT2D eigenvalue weighted by atomic mass is 28.4. The second kappa shape index (κ2) is 10.9. The van der Waals surface area contributed by atoms with Crippen LogP contribution >= 0.6 is 0 Å². The first-order valence-electron chi connectivity index (χ1n) is 16.3. The van der Waals surface area contributed by atoms with Gasteiger partial charge in [0.2, 0.25) is 0 Å². The third-order valence-electron chi connectivity index (χ3n) is 12.3. The molecule has 0 aliphatic heterocycles. The lowest BCUT2D eigenvalue weighted by atomic mass is 9.46. The van der Waals surface area contributed by atoms with Crippen molar-refractivity contribution < 1.29 is 14.6 Å². The van der Waals surface area contributed by atoms with Crippen molar-refractivity contribution in [3.63, 3.8) is 0 Å². The Kier molecular flexibility index (Phi) is 7.30. The fraction of sp³-hybridized carbons (Fsp3) is 0.436. The summed E-state index contributed by atoms with van der Waals surface area (Å²) in [6.45, 7) is 2.90. The van der Waals surface area contributed by atoms with Crippen LogP contribution in [0.15, 0.2) is 103 Å². The molecule has 0 bridgehead atoms. The zero-order valence-corrected chi connectivity index (χ0v) is 26.3. The monoisotopic (exact) mass is 588 g/mol. The minimum Gasteiger partial charge on any atom is -0.403 e. The Morgan fingerprint density at radius 2 is 1.35 bits per heavy atom. The standard InChI is InChI=1S/C39H44O3Si/c1-3-39(41)26-23-35-34-20-19-29-27-30(40)21-25-38(29,36(34)22-24-37(35,39)2)28-42-43(31-13-7-4-8-14-31,32-15-9-5-10-16-32)33-17-11-6-12-18-33/h1,4-18,27,30,34-36,40-41H,19-26,28H2,2H3/t30-,34-,35-,36-,37-,38+,39-/m0/s1. The molecule has 4 heteroatoms. The first-order chi connectivity index (χ1) is 20.9. The molecule has 3 nitrogen and oxygen atoms in total. The Morgan fingerprint density at radius 1 is 0.791 bits per heavy atom. The summed E-state index contributed by atoms with van der Waals surface area (Å²) in [5.74, 6) is 4.20. The lowest BCUT2D eigenvalue weighted by Crippen LogP contribution is -2.70. The molecule has 2 N–H and O–H groups in total. The van der Waals surface area contributed by atoms with Crippen LogP contribution in [-0.4, -0.2) is 36.8 Å². The van der Waals surface area contributed by atoms with Gasteiger partial charge in [-0.15, -0.1) is 6.42 Å². The van der Waals surface area contributed by atoms with Gasteiger partial charge in [0.1, 0.15) is 5.60 Å². The van der Waals surface area contributed by atoms with Gasteiger partial charge in [0.15, 0.2) is 0 Å². The Bertz CT molecular complexity index is 1420. The van der Waals surface area contributed by atoms with E-state index < -0.39 is 13.9 Å². The summed E-state index contributed by atoms with van der Waals surface area (Å²) in [5.41, 5.74) is 0.0214. The highest BCUT2D eigenvalue weighted by Crippen LogP contribution is 2.67. The van der Waals surface area contributed by atoms with Crippen LogP contribution in [0, 0.1) is 40.9 Å². The van der Waals surface area contributed by atoms with Gasteiger partial charge in [0, 0.05) is 17.4 Å². The van der Waals surface area contributed by atoms with E-state index in [0.717, 1.165) is 44.9 Å². The number of benzene rings is 3. The van der Waals surface area contributed by atoms with Crippen LogP contribution in [0.5, 0.6) is 0 Å². The van der Waals surface area contributed by atoms with Crippen molar-refractivity contribution in [1.29, 1.82) is 0 Å². The van der Waals surface area contributed by atoms with E-state index in [9.17, 15) is 10.2 Å². The first-order valence-corrected chi connectivity index (χ1v) is 18.2. The van der Waals surface area contributed by atoms with Gasteiger partial charge in [-0.05, 0) is 84.7 Å². The molecule has 0 heterocycles. The zero-order chi connectivity index (χ0) is 29.7. The van der Waals surface area contributed by atoms with Crippen molar-refractivity contribution in [2.45, 2.75) is 70.0 Å². The van der Waals surface area contributed by atoms with Gasteiger partial charge in [-0.3, -0.25) is 0 Å². The van der Waals surface area contributed by atoms with Crippen LogP contribution in [0.25, 0.3) is 0 Å². The summed E-state index contributed by atoms with van der Waals surface area (Å²) in [4.78, 5) is 0. The Labute approximate surface area is 258 Å². The van der Waals surface area contributed by atoms with Crippen LogP contribution in [0.4, 0.5) is 0 Å². The van der Waals surface area contributed by atoms with E-state index in [0.29, 0.717) is 30.8 Å². The molecule has 4 aliphatic rings. The molecule has 0 radical (unpaired) electrons. The van der Waals surface area contributed by atoms with E-state index in [1.165, 1.54) is 21.1 Å². The van der Waals surface area contributed by atoms with E-state index in [1.54, 1.807) is 0 Å². The van der Waals surface area contributed by atoms with E-state index >= 15 is 0 Å². The molecule has 222 valence electrons. The lowest BCUT2D eigenvalue weighted by molar-refractivity contribution is -0.111. The summed E-state index contributed by atoms with van der Waals surface area (Å²) in [6, 6.07) is 32.6. The van der Waals surface area contributed by atoms with Gasteiger partial charge in [0.05, 0.1) is 6.10 Å². The molecule has 4 aliphatic carbocycles. The van der Waals surface area contributed by atoms with Crippen LogP contribution in [0.2, 0.25) is 0 Å². The average molecular weight is 589 g/mol. The first kappa shape index (κ1) is 28.8. The molecule has 3 aromatic rings. The molecule has 3 saturated carbocycles. The third-order valence-corrected chi connectivity index (χ3v) is 16.3. The molecular formula is C39H44O3Si. The Hall–Kier alpha value is -2.94. The van der Waals surface area contributed by atoms with Crippen molar-refractivity contribution in [2.75, 3.05) is 6.61 Å². The molecule has 3 fully saturated rings. The maximum Gasteiger partial charge on any atom is 0.288 e. The smallest absolute Gasteiger partial charge is 0.288 e. The summed E-state index contributed by atoms with van der Waals surface area (Å²) >= 11 is 0. The second-order valence-electron chi connectivity index (χ2n) is 13.9. The van der Waals surface area contributed by atoms with Gasteiger partial charge in [0.25, 0.3) is 8.32 Å². The van der Waals surface area contributed by atoms with Crippen LogP contribution in [0.3, 0.4) is 0 Å². The minimum atomic E-state index is -2.89. The van der Waals surface area contributed by atoms with Gasteiger partial charge in [-0.25, -0.2) is 0 Å². The summed E-state index contributed by atoms with van der Waals surface area (Å²) < 4.78 is 7.71. The number of fused-ring (bicyclic) bond motifs is 5. The number of aliphatic hydroxyl groups excluding tert-OH is 1. The largest absolute Gasteiger partial charge is 0.403 e. The van der Waals surface area contributed by atoms with Crippen molar-refractivity contribution in [2.24, 2.45) is 28.6 Å². The minimum absolute atomic E-state index is 0.128. The molecule has 0 aromatic heterocycles. The molecule has 0 saturated heterocycles. The molecular weight excluding hydrogens is 545 g/mol. The molecule has 0 unspecified atom stereocenters. The number of hydrogen-bond acceptors (Lipinski definition) is 3. The topological polar surface area (TPSA) is 49.7 Å². The van der Waals surface area contributed by atoms with Crippen LogP contribution < -0.4 is 15.6 Å². The maximum absolute atomic E-state index is 11.6. The fourth-order valence-electron chi connectivity index (χ4n) is 10.0. The summed E-state index contributed by atoms with van der Waals surface area (Å²) in [6.07, 6.45) is 15.2. The molecule has 0 spiro atoms. The lowest BCUT2D eigenvalue weighted by Gasteiger charge is -2.60. The fourth-order valence-corrected chi connectivity index (χ4v) is 14.0. The van der Waals surface area contributed by atoms with E-state index in [2.05, 4.69) is 110 Å². The molecule has 7 atom stereocenters. The zero-order valence-electron chi connectivity index (χ0n) is 25.3. The number of hydrogen-bond donors (Lipinski definition) is 2. The molecule has 7 rings (SSSR count). The molecule has 43 heavy (non-hydrogen) atoms. The normalized spacial score (nSPS) is 35.2. The van der Waals surface area contributed by atoms with Crippen LogP contribution in [-0.2, 0) is 4.43 Å². The predicted molar refractivity (Wildman–Crippen MR) is 176 cm³/mol. The predicted octanol–water partition coefficient (Wildman–Crippen LogP) is 5.34. The third kappa shape index (κ3) is 4.35. The second-order valence-corrected chi connectivity index (χ2v) is 17.3. The summed E-state index contributed by atoms with van der Waals surface area (Å²) in [7, 11) is -2.89. The van der Waals surface area contributed by atoms with E-state index in [-0.39, 0.29) is 16.9 Å². The number of aliphatic hydroxyl groups is 2. The number of rotatable bonds is 6. The molecule has 0 amide bonds. The van der Waals surface area contributed by atoms with E-state index in [1.807, 2.05) is 0 Å². The van der Waals surface area contributed by atoms with Gasteiger partial charge >= 0.3 is 0 Å². The SMILES string of the molecule is C#C[C@]1(O)CC[C@H]2[C@@H]3CCC4=C[C@@H](O)CC[C@]4(CO[Si](c4ccccc4)(c4ccccc4)c4ccccc4)[C@H]3CC[C@@]21C. The van der Waals surface area contributed by atoms with Crippen molar-refractivity contribution in [3.05, 3.63) is 103 Å². The highest BCUT2D eigenvalue weighted by Gasteiger charge is 2.64. The van der Waals surface area contributed by atoms with Crippen molar-refractivity contribution in [3.8, 4) is 12.3 Å². The number of terminal acetylenes is 1. The summed E-state index contributed by atoms with van der Waals surface area (Å²) in [5, 5.41) is 26.2. The van der Waals surface area contributed by atoms with Crippen LogP contribution in [0.1, 0.15) is 58.3 Å². The Balaban J connectivity index is 1.34. The van der Waals surface area contributed by atoms with Gasteiger partial charge in [-0.1, -0.05) is 115 Å². The van der Waals surface area contributed by atoms with Gasteiger partial charge < -0.3 is 14.6 Å². The maximum atomic E-state index is 11.6. The molecule has 3 aromatic carbocycles. The van der Waals surface area contributed by atoms with Crippen molar-refractivity contribution in [1.82, 2.24) is 0 Å². The van der Waals surface area contributed by atoms with E-state index in [4.69, 9.17) is 10.8 Å². The van der Waals surface area contributed by atoms with Gasteiger partial charge in [-0.2, -0.15) is 0 Å². The highest BCUT2D eigenvalue weighted by molar-refractivity contribution is 7.07.